The quantitative estimate of drug-likeness (QED) is 0.665. The lowest BCUT2D eigenvalue weighted by atomic mass is 9.99. The molecule has 0 aromatic rings. The summed E-state index contributed by atoms with van der Waals surface area (Å²) in [5.74, 6) is 0. The van der Waals surface area contributed by atoms with Gasteiger partial charge in [0.15, 0.2) is 0 Å². The second-order valence-corrected chi connectivity index (χ2v) is 3.14. The van der Waals surface area contributed by atoms with Crippen LogP contribution in [0, 0.1) is 0 Å². The van der Waals surface area contributed by atoms with Gasteiger partial charge in [-0.2, -0.15) is 13.2 Å². The Morgan fingerprint density at radius 3 is 1.64 bits per heavy atom. The van der Waals surface area contributed by atoms with Crippen LogP contribution in [0.25, 0.3) is 0 Å². The van der Waals surface area contributed by atoms with Crippen molar-refractivity contribution in [1.82, 2.24) is 0 Å². The number of rotatable bonds is 3. The lowest BCUT2D eigenvalue weighted by Crippen LogP contribution is -2.38. The van der Waals surface area contributed by atoms with Gasteiger partial charge >= 0.3 is 12.5 Å². The highest BCUT2D eigenvalue weighted by Gasteiger charge is 2.46. The fraction of sp³-hybridized carbons (Fsp3) is 1.00. The maximum atomic E-state index is 11.9. The van der Waals surface area contributed by atoms with Gasteiger partial charge in [-0.25, -0.2) is 0 Å². The predicted octanol–water partition coefficient (Wildman–Crippen LogP) is 3.64. The van der Waals surface area contributed by atoms with E-state index in [0.717, 1.165) is 6.92 Å². The molecule has 0 radical (unpaired) electrons. The fourth-order valence-corrected chi connectivity index (χ4v) is 0.937. The first-order valence-electron chi connectivity index (χ1n) is 3.81. The molecule has 7 heteroatoms. The van der Waals surface area contributed by atoms with Gasteiger partial charge in [-0.15, -0.1) is 13.2 Å². The van der Waals surface area contributed by atoms with Gasteiger partial charge < -0.3 is 0 Å². The first-order valence-corrected chi connectivity index (χ1v) is 3.81. The molecule has 1 unspecified atom stereocenters. The molecule has 0 aliphatic heterocycles. The molecule has 0 amide bonds. The molecule has 0 fully saturated rings. The summed E-state index contributed by atoms with van der Waals surface area (Å²) in [5, 5.41) is 0. The van der Waals surface area contributed by atoms with Crippen molar-refractivity contribution in [2.45, 2.75) is 44.8 Å². The second kappa shape index (κ2) is 3.96. The van der Waals surface area contributed by atoms with Gasteiger partial charge in [0.2, 0.25) is 0 Å². The standard InChI is InChI=1S/C7H10F6O/c1-3-5(2,4-6(8,9)10)14-7(11,12)13/h3-4H2,1-2H3. The maximum Gasteiger partial charge on any atom is 0.523 e. The highest BCUT2D eigenvalue weighted by atomic mass is 19.4. The van der Waals surface area contributed by atoms with E-state index in [4.69, 9.17) is 0 Å². The van der Waals surface area contributed by atoms with Gasteiger partial charge in [0.25, 0.3) is 0 Å². The molecule has 86 valence electrons. The molecule has 0 spiro atoms. The summed E-state index contributed by atoms with van der Waals surface area (Å²) < 4.78 is 74.2. The summed E-state index contributed by atoms with van der Waals surface area (Å²) in [4.78, 5) is 0. The third-order valence-electron chi connectivity index (χ3n) is 1.68. The normalized spacial score (nSPS) is 18.0. The molecule has 0 saturated carbocycles. The highest BCUT2D eigenvalue weighted by Crippen LogP contribution is 2.36. The molecule has 0 aromatic carbocycles. The molecule has 0 N–H and O–H groups in total. The number of ether oxygens (including phenoxy) is 1. The molecule has 0 saturated heterocycles. The zero-order chi connectivity index (χ0) is 11.6. The minimum atomic E-state index is -5.05. The van der Waals surface area contributed by atoms with Crippen molar-refractivity contribution < 1.29 is 31.1 Å². The Morgan fingerprint density at radius 2 is 1.43 bits per heavy atom. The van der Waals surface area contributed by atoms with Crippen molar-refractivity contribution in [2.75, 3.05) is 0 Å². The van der Waals surface area contributed by atoms with E-state index >= 15 is 0 Å². The number of alkyl halides is 6. The highest BCUT2D eigenvalue weighted by molar-refractivity contribution is 4.77. The monoisotopic (exact) mass is 224 g/mol. The van der Waals surface area contributed by atoms with Crippen LogP contribution in [0.15, 0.2) is 0 Å². The summed E-state index contributed by atoms with van der Waals surface area (Å²) in [5.41, 5.74) is -2.24. The Bertz CT molecular complexity index is 166. The van der Waals surface area contributed by atoms with Crippen LogP contribution in [0.3, 0.4) is 0 Å². The van der Waals surface area contributed by atoms with E-state index in [-0.39, 0.29) is 6.42 Å². The van der Waals surface area contributed by atoms with E-state index in [0.29, 0.717) is 0 Å². The predicted molar refractivity (Wildman–Crippen MR) is 36.5 cm³/mol. The number of hydrogen-bond donors (Lipinski definition) is 0. The smallest absolute Gasteiger partial charge is 0.285 e. The van der Waals surface area contributed by atoms with Crippen LogP contribution in [0.2, 0.25) is 0 Å². The number of halogens is 6. The zero-order valence-corrected chi connectivity index (χ0v) is 7.59. The zero-order valence-electron chi connectivity index (χ0n) is 7.59. The van der Waals surface area contributed by atoms with E-state index in [1.54, 1.807) is 0 Å². The van der Waals surface area contributed by atoms with Crippen molar-refractivity contribution >= 4 is 0 Å². The van der Waals surface area contributed by atoms with Crippen LogP contribution in [-0.4, -0.2) is 18.1 Å². The van der Waals surface area contributed by atoms with Crippen molar-refractivity contribution in [3.63, 3.8) is 0 Å². The van der Waals surface area contributed by atoms with E-state index < -0.39 is 24.6 Å². The van der Waals surface area contributed by atoms with E-state index in [9.17, 15) is 26.3 Å². The molecule has 0 aliphatic rings. The van der Waals surface area contributed by atoms with Crippen molar-refractivity contribution in [2.24, 2.45) is 0 Å². The molecule has 14 heavy (non-hydrogen) atoms. The van der Waals surface area contributed by atoms with Gasteiger partial charge in [0, 0.05) is 0 Å². The molecular weight excluding hydrogens is 214 g/mol. The lowest BCUT2D eigenvalue weighted by molar-refractivity contribution is -0.373. The maximum absolute atomic E-state index is 11.9. The van der Waals surface area contributed by atoms with Gasteiger partial charge in [0.1, 0.15) is 0 Å². The Kier molecular flexibility index (Phi) is 3.83. The lowest BCUT2D eigenvalue weighted by Gasteiger charge is -2.30. The summed E-state index contributed by atoms with van der Waals surface area (Å²) in [6.07, 6.45) is -11.7. The van der Waals surface area contributed by atoms with Gasteiger partial charge in [0.05, 0.1) is 12.0 Å². The molecular formula is C7H10F6O. The largest absolute Gasteiger partial charge is 0.523 e. The topological polar surface area (TPSA) is 9.23 Å². The van der Waals surface area contributed by atoms with Gasteiger partial charge in [-0.1, -0.05) is 6.92 Å². The van der Waals surface area contributed by atoms with Gasteiger partial charge in [-0.3, -0.25) is 4.74 Å². The summed E-state index contributed by atoms with van der Waals surface area (Å²) in [6.45, 7) is 1.99. The van der Waals surface area contributed by atoms with Crippen LogP contribution >= 0.6 is 0 Å². The first-order chi connectivity index (χ1) is 5.97. The van der Waals surface area contributed by atoms with Crippen LogP contribution in [0.4, 0.5) is 26.3 Å². The molecule has 0 bridgehead atoms. The Labute approximate surface area is 77.0 Å². The van der Waals surface area contributed by atoms with Crippen LogP contribution in [0.5, 0.6) is 0 Å². The van der Waals surface area contributed by atoms with Crippen molar-refractivity contribution in [3.8, 4) is 0 Å². The molecule has 1 nitrogen and oxygen atoms in total. The van der Waals surface area contributed by atoms with Crippen LogP contribution < -0.4 is 0 Å². The molecule has 0 aliphatic carbocycles. The van der Waals surface area contributed by atoms with E-state index in [1.165, 1.54) is 6.92 Å². The minimum Gasteiger partial charge on any atom is -0.285 e. The van der Waals surface area contributed by atoms with Gasteiger partial charge in [-0.05, 0) is 13.3 Å². The van der Waals surface area contributed by atoms with Crippen LogP contribution in [-0.2, 0) is 4.74 Å². The summed E-state index contributed by atoms with van der Waals surface area (Å²) >= 11 is 0. The van der Waals surface area contributed by atoms with Crippen molar-refractivity contribution in [3.05, 3.63) is 0 Å². The number of hydrogen-bond acceptors (Lipinski definition) is 1. The van der Waals surface area contributed by atoms with E-state index in [2.05, 4.69) is 4.74 Å². The van der Waals surface area contributed by atoms with Crippen molar-refractivity contribution in [1.29, 1.82) is 0 Å². The fourth-order valence-electron chi connectivity index (χ4n) is 0.937. The Balaban J connectivity index is 4.49. The van der Waals surface area contributed by atoms with Crippen LogP contribution in [0.1, 0.15) is 26.7 Å². The molecule has 0 rings (SSSR count). The Morgan fingerprint density at radius 1 is 1.00 bits per heavy atom. The molecule has 0 heterocycles. The SMILES string of the molecule is CCC(C)(CC(F)(F)F)OC(F)(F)F. The average Bonchev–Trinajstić information content (AvgIpc) is 1.78. The summed E-state index contributed by atoms with van der Waals surface area (Å²) in [7, 11) is 0. The Hall–Kier alpha value is -0.460. The minimum absolute atomic E-state index is 0.369. The third kappa shape index (κ3) is 6.06. The molecule has 1 atom stereocenters. The second-order valence-electron chi connectivity index (χ2n) is 3.14. The average molecular weight is 224 g/mol. The summed E-state index contributed by atoms with van der Waals surface area (Å²) in [6, 6.07) is 0. The molecule has 0 aromatic heterocycles. The first kappa shape index (κ1) is 13.5. The van der Waals surface area contributed by atoms with E-state index in [1.807, 2.05) is 0 Å². The third-order valence-corrected chi connectivity index (χ3v) is 1.68.